The lowest BCUT2D eigenvalue weighted by Gasteiger charge is -2.17. The molecule has 3 amide bonds. The Kier molecular flexibility index (Phi) is 11.0. The number of thioether (sulfide) groups is 1. The second-order valence-corrected chi connectivity index (χ2v) is 12.4. The number of ether oxygens (including phenoxy) is 2. The van der Waals surface area contributed by atoms with Gasteiger partial charge in [-0.2, -0.15) is 0 Å². The fraction of sp³-hybridized carbons (Fsp3) is 0.114. The van der Waals surface area contributed by atoms with Crippen LogP contribution in [0.15, 0.2) is 114 Å². The highest BCUT2D eigenvalue weighted by Gasteiger charge is 2.24. The fourth-order valence-electron chi connectivity index (χ4n) is 4.45. The molecular weight excluding hydrogens is 635 g/mol. The van der Waals surface area contributed by atoms with Crippen molar-refractivity contribution in [3.8, 4) is 11.5 Å². The number of carbonyl (C=O) groups is 3. The Morgan fingerprint density at radius 3 is 2.21 bits per heavy atom. The van der Waals surface area contributed by atoms with Crippen molar-refractivity contribution in [1.29, 1.82) is 0 Å². The molecule has 12 heteroatoms. The largest absolute Gasteiger partial charge is 0.493 e. The first-order valence-corrected chi connectivity index (χ1v) is 16.1. The molecule has 5 rings (SSSR count). The van der Waals surface area contributed by atoms with E-state index in [2.05, 4.69) is 26.1 Å². The van der Waals surface area contributed by atoms with Crippen LogP contribution in [0.3, 0.4) is 0 Å². The molecule has 0 bridgehead atoms. The highest BCUT2D eigenvalue weighted by molar-refractivity contribution is 8.00. The molecule has 1 unspecified atom stereocenters. The molecule has 1 aromatic heterocycles. The van der Waals surface area contributed by atoms with Crippen LogP contribution in [0, 0.1) is 6.92 Å². The number of amides is 3. The zero-order chi connectivity index (χ0) is 33.2. The molecule has 1 atom stereocenters. The maximum Gasteiger partial charge on any atom is 0.272 e. The van der Waals surface area contributed by atoms with Crippen LogP contribution in [0.2, 0.25) is 0 Å². The Balaban J connectivity index is 1.40. The second kappa shape index (κ2) is 15.7. The van der Waals surface area contributed by atoms with Gasteiger partial charge in [0.2, 0.25) is 11.0 Å². The van der Waals surface area contributed by atoms with E-state index in [1.165, 1.54) is 37.3 Å². The molecular formula is C35H31N5O5S2. The van der Waals surface area contributed by atoms with Crippen LogP contribution < -0.4 is 25.4 Å². The van der Waals surface area contributed by atoms with E-state index < -0.39 is 17.1 Å². The Hall–Kier alpha value is -5.46. The first-order valence-electron chi connectivity index (χ1n) is 14.4. The predicted octanol–water partition coefficient (Wildman–Crippen LogP) is 6.75. The SMILES string of the molecule is COc1ccc(/C=C(/NC(=O)c2ccccc2)C(=O)Nc2cccc(SC(C(=O)Nc3nnc(C)s3)c3ccccc3)c2)cc1OC. The summed E-state index contributed by atoms with van der Waals surface area (Å²) in [6, 6.07) is 30.3. The summed E-state index contributed by atoms with van der Waals surface area (Å²) >= 11 is 2.62. The maximum atomic E-state index is 13.7. The van der Waals surface area contributed by atoms with Gasteiger partial charge in [0, 0.05) is 16.1 Å². The van der Waals surface area contributed by atoms with E-state index in [4.69, 9.17) is 9.47 Å². The first-order chi connectivity index (χ1) is 22.8. The topological polar surface area (TPSA) is 132 Å². The predicted molar refractivity (Wildman–Crippen MR) is 185 cm³/mol. The van der Waals surface area contributed by atoms with Gasteiger partial charge in [0.1, 0.15) is 16.0 Å². The van der Waals surface area contributed by atoms with E-state index in [0.29, 0.717) is 33.4 Å². The van der Waals surface area contributed by atoms with Crippen molar-refractivity contribution < 1.29 is 23.9 Å². The van der Waals surface area contributed by atoms with Crippen LogP contribution in [0.1, 0.15) is 31.7 Å². The van der Waals surface area contributed by atoms with Crippen LogP contribution in [0.25, 0.3) is 6.08 Å². The fourth-order valence-corrected chi connectivity index (χ4v) is 6.13. The number of rotatable bonds is 12. The van der Waals surface area contributed by atoms with E-state index in [9.17, 15) is 14.4 Å². The lowest BCUT2D eigenvalue weighted by molar-refractivity contribution is -0.116. The first kappa shape index (κ1) is 32.9. The van der Waals surface area contributed by atoms with Gasteiger partial charge < -0.3 is 20.1 Å². The van der Waals surface area contributed by atoms with Gasteiger partial charge in [0.25, 0.3) is 11.8 Å². The minimum atomic E-state index is -0.614. The van der Waals surface area contributed by atoms with Crippen LogP contribution in [-0.4, -0.2) is 42.1 Å². The summed E-state index contributed by atoms with van der Waals surface area (Å²) in [6.45, 7) is 1.82. The van der Waals surface area contributed by atoms with Gasteiger partial charge in [0.05, 0.1) is 14.2 Å². The van der Waals surface area contributed by atoms with Gasteiger partial charge in [-0.3, -0.25) is 19.7 Å². The molecule has 4 aromatic carbocycles. The number of aryl methyl sites for hydroxylation is 1. The van der Waals surface area contributed by atoms with E-state index in [1.54, 1.807) is 72.8 Å². The molecule has 0 fully saturated rings. The highest BCUT2D eigenvalue weighted by Crippen LogP contribution is 2.37. The van der Waals surface area contributed by atoms with Crippen LogP contribution in [0.5, 0.6) is 11.5 Å². The quantitative estimate of drug-likeness (QED) is 0.0986. The third-order valence-electron chi connectivity index (χ3n) is 6.69. The van der Waals surface area contributed by atoms with Gasteiger partial charge in [-0.1, -0.05) is 72.0 Å². The molecule has 5 aromatic rings. The molecule has 1 heterocycles. The van der Waals surface area contributed by atoms with Crippen LogP contribution in [0.4, 0.5) is 10.8 Å². The number of benzene rings is 4. The Morgan fingerprint density at radius 1 is 0.809 bits per heavy atom. The minimum absolute atomic E-state index is 0.0121. The number of nitrogens with one attached hydrogen (secondary N) is 3. The monoisotopic (exact) mass is 665 g/mol. The molecule has 0 aliphatic rings. The average Bonchev–Trinajstić information content (AvgIpc) is 3.51. The number of nitrogens with zero attached hydrogens (tertiary/aromatic N) is 2. The molecule has 10 nitrogen and oxygen atoms in total. The van der Waals surface area contributed by atoms with Crippen LogP contribution in [-0.2, 0) is 9.59 Å². The van der Waals surface area contributed by atoms with Crippen molar-refractivity contribution in [2.24, 2.45) is 0 Å². The van der Waals surface area contributed by atoms with Gasteiger partial charge in [-0.05, 0) is 66.6 Å². The average molecular weight is 666 g/mol. The zero-order valence-corrected chi connectivity index (χ0v) is 27.4. The summed E-state index contributed by atoms with van der Waals surface area (Å²) in [5.41, 5.74) is 2.28. The molecule has 0 aliphatic heterocycles. The van der Waals surface area contributed by atoms with Crippen molar-refractivity contribution in [1.82, 2.24) is 15.5 Å². The zero-order valence-electron chi connectivity index (χ0n) is 25.7. The van der Waals surface area contributed by atoms with E-state index in [-0.39, 0.29) is 11.6 Å². The number of hydrogen-bond acceptors (Lipinski definition) is 9. The highest BCUT2D eigenvalue weighted by atomic mass is 32.2. The van der Waals surface area contributed by atoms with Gasteiger partial charge in [-0.25, -0.2) is 0 Å². The van der Waals surface area contributed by atoms with Gasteiger partial charge >= 0.3 is 0 Å². The summed E-state index contributed by atoms with van der Waals surface area (Å²) in [7, 11) is 3.05. The maximum absolute atomic E-state index is 13.7. The summed E-state index contributed by atoms with van der Waals surface area (Å²) in [5, 5.41) is 17.0. The molecule has 47 heavy (non-hydrogen) atoms. The summed E-state index contributed by atoms with van der Waals surface area (Å²) in [6.07, 6.45) is 1.56. The van der Waals surface area contributed by atoms with Crippen molar-refractivity contribution in [2.75, 3.05) is 24.9 Å². The summed E-state index contributed by atoms with van der Waals surface area (Å²) < 4.78 is 10.7. The molecule has 0 saturated heterocycles. The van der Waals surface area contributed by atoms with Gasteiger partial charge in [-0.15, -0.1) is 22.0 Å². The lowest BCUT2D eigenvalue weighted by Crippen LogP contribution is -2.30. The number of methoxy groups -OCH3 is 2. The Morgan fingerprint density at radius 2 is 1.53 bits per heavy atom. The van der Waals surface area contributed by atoms with Crippen molar-refractivity contribution in [2.45, 2.75) is 17.1 Å². The van der Waals surface area contributed by atoms with E-state index in [1.807, 2.05) is 43.3 Å². The third kappa shape index (κ3) is 8.84. The molecule has 0 spiro atoms. The number of carbonyl (C=O) groups excluding carboxylic acids is 3. The van der Waals surface area contributed by atoms with Gasteiger partial charge in [0.15, 0.2) is 11.5 Å². The van der Waals surface area contributed by atoms with Crippen LogP contribution >= 0.6 is 23.1 Å². The normalized spacial score (nSPS) is 11.7. The van der Waals surface area contributed by atoms with Crippen molar-refractivity contribution in [3.63, 3.8) is 0 Å². The third-order valence-corrected chi connectivity index (χ3v) is 8.69. The smallest absolute Gasteiger partial charge is 0.272 e. The number of anilines is 2. The standard InChI is InChI=1S/C35H31N5O5S2/c1-22-39-40-35(46-22)38-34(43)31(24-11-6-4-7-12-24)47-27-16-10-15-26(21-27)36-33(42)28(37-32(41)25-13-8-5-9-14-25)19-23-17-18-29(44-2)30(20-23)45-3/h4-21,31H,1-3H3,(H,36,42)(H,37,41)(H,38,40,43)/b28-19+. The number of hydrogen-bond donors (Lipinski definition) is 3. The summed E-state index contributed by atoms with van der Waals surface area (Å²) in [5.74, 6) is -0.248. The number of aromatic nitrogens is 2. The molecule has 0 radical (unpaired) electrons. The van der Waals surface area contributed by atoms with Crippen molar-refractivity contribution >= 4 is 57.7 Å². The molecule has 3 N–H and O–H groups in total. The molecule has 0 aliphatic carbocycles. The van der Waals surface area contributed by atoms with Crippen molar-refractivity contribution in [3.05, 3.63) is 131 Å². The minimum Gasteiger partial charge on any atom is -0.493 e. The second-order valence-electron chi connectivity index (χ2n) is 10.00. The van der Waals surface area contributed by atoms with E-state index in [0.717, 1.165) is 15.5 Å². The Labute approximate surface area is 280 Å². The molecule has 0 saturated carbocycles. The molecule has 238 valence electrons. The lowest BCUT2D eigenvalue weighted by atomic mass is 10.1. The van der Waals surface area contributed by atoms with E-state index >= 15 is 0 Å². The summed E-state index contributed by atoms with van der Waals surface area (Å²) in [4.78, 5) is 41.0. The Bertz CT molecular complexity index is 1900.